The number of hydrogen-bond donors (Lipinski definition) is 1. The van der Waals surface area contributed by atoms with Crippen LogP contribution < -0.4 is 9.80 Å². The lowest BCUT2D eigenvalue weighted by Gasteiger charge is -2.40. The van der Waals surface area contributed by atoms with Crippen molar-refractivity contribution in [1.29, 1.82) is 0 Å². The van der Waals surface area contributed by atoms with Gasteiger partial charge in [-0.2, -0.15) is 5.10 Å². The van der Waals surface area contributed by atoms with Gasteiger partial charge in [-0.15, -0.1) is 0 Å². The molecule has 0 spiro atoms. The van der Waals surface area contributed by atoms with E-state index in [4.69, 9.17) is 0 Å². The van der Waals surface area contributed by atoms with Gasteiger partial charge in [0.1, 0.15) is 9.84 Å². The molecule has 176 valence electrons. The molecule has 1 aromatic heterocycles. The lowest BCUT2D eigenvalue weighted by Crippen LogP contribution is -2.52. The summed E-state index contributed by atoms with van der Waals surface area (Å²) in [6.07, 6.45) is 5.69. The van der Waals surface area contributed by atoms with Crippen LogP contribution in [0, 0.1) is 11.8 Å². The second-order valence-corrected chi connectivity index (χ2v) is 11.8. The van der Waals surface area contributed by atoms with E-state index in [1.54, 1.807) is 11.1 Å². The predicted molar refractivity (Wildman–Crippen MR) is 124 cm³/mol. The van der Waals surface area contributed by atoms with Crippen LogP contribution in [-0.4, -0.2) is 59.4 Å². The SMILES string of the molecule is C[C@H]1CN(C(=O)O)c2cc(-c3cnn(CC4CCS(=O)(=O)CC4)c3)ccc2N1C(=O)C1CC1. The van der Waals surface area contributed by atoms with Gasteiger partial charge in [-0.05, 0) is 56.2 Å². The molecule has 9 nitrogen and oxygen atoms in total. The minimum absolute atomic E-state index is 0.0457. The number of carboxylic acid groups (broad SMARTS) is 1. The average Bonchev–Trinajstić information content (AvgIpc) is 3.53. The third-order valence-corrected chi connectivity index (χ3v) is 8.61. The Kier molecular flexibility index (Phi) is 5.43. The number of fused-ring (bicyclic) bond motifs is 1. The summed E-state index contributed by atoms with van der Waals surface area (Å²) in [6.45, 7) is 2.77. The maximum Gasteiger partial charge on any atom is 0.411 e. The molecular formula is C23H28N4O5S. The van der Waals surface area contributed by atoms with Crippen LogP contribution in [0.2, 0.25) is 0 Å². The fourth-order valence-corrected chi connectivity index (χ4v) is 6.44. The quantitative estimate of drug-likeness (QED) is 0.732. The van der Waals surface area contributed by atoms with Crippen molar-refractivity contribution in [2.24, 2.45) is 11.8 Å². The number of nitrogens with zero attached hydrogens (tertiary/aromatic N) is 4. The standard InChI is InChI=1S/C23H28N4O5S/c1-15-12-26(23(29)30)21-10-18(4-5-20(21)27(15)22(28)17-2-3-17)19-11-24-25(14-19)13-16-6-8-33(31,32)9-7-16/h4-5,10-11,14-17H,2-3,6-9,12-13H2,1H3,(H,29,30)/t15-/m0/s1. The van der Waals surface area contributed by atoms with Crippen LogP contribution in [0.25, 0.3) is 11.1 Å². The second-order valence-electron chi connectivity index (χ2n) is 9.47. The van der Waals surface area contributed by atoms with Gasteiger partial charge < -0.3 is 10.0 Å². The van der Waals surface area contributed by atoms with Crippen molar-refractivity contribution in [3.05, 3.63) is 30.6 Å². The summed E-state index contributed by atoms with van der Waals surface area (Å²) < 4.78 is 25.2. The van der Waals surface area contributed by atoms with Gasteiger partial charge in [-0.25, -0.2) is 13.2 Å². The lowest BCUT2D eigenvalue weighted by molar-refractivity contribution is -0.120. The number of amides is 2. The van der Waals surface area contributed by atoms with Gasteiger partial charge in [0, 0.05) is 30.8 Å². The first-order valence-corrected chi connectivity index (χ1v) is 13.2. The highest BCUT2D eigenvalue weighted by Gasteiger charge is 2.41. The van der Waals surface area contributed by atoms with Gasteiger partial charge >= 0.3 is 6.09 Å². The maximum atomic E-state index is 12.9. The Bertz CT molecular complexity index is 1190. The first-order valence-electron chi connectivity index (χ1n) is 11.4. The minimum atomic E-state index is -2.89. The van der Waals surface area contributed by atoms with Crippen molar-refractivity contribution in [3.63, 3.8) is 0 Å². The summed E-state index contributed by atoms with van der Waals surface area (Å²) in [5.74, 6) is 0.857. The van der Waals surface area contributed by atoms with Crippen LogP contribution in [0.3, 0.4) is 0 Å². The van der Waals surface area contributed by atoms with Crippen molar-refractivity contribution in [2.75, 3.05) is 27.9 Å². The monoisotopic (exact) mass is 472 g/mol. The van der Waals surface area contributed by atoms with Gasteiger partial charge in [0.05, 0.1) is 35.1 Å². The molecule has 1 aliphatic carbocycles. The zero-order valence-electron chi connectivity index (χ0n) is 18.6. The predicted octanol–water partition coefficient (Wildman–Crippen LogP) is 3.00. The van der Waals surface area contributed by atoms with Gasteiger partial charge in [0.15, 0.2) is 0 Å². The molecular weight excluding hydrogens is 444 g/mol. The summed E-state index contributed by atoms with van der Waals surface area (Å²) >= 11 is 0. The third kappa shape index (κ3) is 4.36. The summed E-state index contributed by atoms with van der Waals surface area (Å²) in [5, 5.41) is 14.2. The molecule has 1 N–H and O–H groups in total. The molecule has 5 rings (SSSR count). The summed E-state index contributed by atoms with van der Waals surface area (Å²) in [5.41, 5.74) is 2.82. The van der Waals surface area contributed by atoms with E-state index in [0.717, 1.165) is 24.0 Å². The molecule has 2 aromatic rings. The summed E-state index contributed by atoms with van der Waals surface area (Å²) in [4.78, 5) is 27.9. The van der Waals surface area contributed by atoms with Crippen molar-refractivity contribution in [1.82, 2.24) is 9.78 Å². The van der Waals surface area contributed by atoms with Crippen molar-refractivity contribution in [2.45, 2.75) is 45.2 Å². The Balaban J connectivity index is 1.41. The second kappa shape index (κ2) is 8.16. The molecule has 2 aliphatic heterocycles. The smallest absolute Gasteiger partial charge is 0.411 e. The Morgan fingerprint density at radius 3 is 2.48 bits per heavy atom. The Labute approximate surface area is 192 Å². The van der Waals surface area contributed by atoms with Crippen LogP contribution in [-0.2, 0) is 21.2 Å². The van der Waals surface area contributed by atoms with Gasteiger partial charge in [-0.3, -0.25) is 14.4 Å². The molecule has 1 aromatic carbocycles. The molecule has 3 heterocycles. The van der Waals surface area contributed by atoms with E-state index in [0.29, 0.717) is 30.8 Å². The number of rotatable bonds is 4. The first-order chi connectivity index (χ1) is 15.7. The van der Waals surface area contributed by atoms with Gasteiger partial charge in [0.25, 0.3) is 0 Å². The molecule has 0 unspecified atom stereocenters. The Morgan fingerprint density at radius 2 is 1.82 bits per heavy atom. The largest absolute Gasteiger partial charge is 0.465 e. The molecule has 1 saturated carbocycles. The fraction of sp³-hybridized carbons (Fsp3) is 0.522. The molecule has 0 bridgehead atoms. The Hall–Kier alpha value is -2.88. The van der Waals surface area contributed by atoms with E-state index in [1.165, 1.54) is 4.90 Å². The van der Waals surface area contributed by atoms with Crippen molar-refractivity contribution in [3.8, 4) is 11.1 Å². The number of anilines is 2. The third-order valence-electron chi connectivity index (χ3n) is 6.89. The zero-order valence-corrected chi connectivity index (χ0v) is 19.4. The minimum Gasteiger partial charge on any atom is -0.465 e. The Morgan fingerprint density at radius 1 is 1.09 bits per heavy atom. The van der Waals surface area contributed by atoms with E-state index in [1.807, 2.05) is 36.0 Å². The molecule has 0 radical (unpaired) electrons. The first kappa shape index (κ1) is 21.9. The average molecular weight is 473 g/mol. The topological polar surface area (TPSA) is 113 Å². The number of benzene rings is 1. The lowest BCUT2D eigenvalue weighted by atomic mass is 10.0. The molecule has 3 aliphatic rings. The number of aromatic nitrogens is 2. The van der Waals surface area contributed by atoms with Crippen molar-refractivity contribution >= 4 is 33.2 Å². The highest BCUT2D eigenvalue weighted by Crippen LogP contribution is 2.42. The highest BCUT2D eigenvalue weighted by atomic mass is 32.2. The molecule has 33 heavy (non-hydrogen) atoms. The van der Waals surface area contributed by atoms with Gasteiger partial charge in [-0.1, -0.05) is 6.07 Å². The van der Waals surface area contributed by atoms with Crippen LogP contribution in [0.1, 0.15) is 32.6 Å². The molecule has 2 fully saturated rings. The molecule has 2 amide bonds. The van der Waals surface area contributed by atoms with Crippen LogP contribution >= 0.6 is 0 Å². The van der Waals surface area contributed by atoms with Crippen LogP contribution in [0.4, 0.5) is 16.2 Å². The highest BCUT2D eigenvalue weighted by molar-refractivity contribution is 7.91. The summed E-state index contributed by atoms with van der Waals surface area (Å²) in [7, 11) is -2.89. The van der Waals surface area contributed by atoms with E-state index < -0.39 is 15.9 Å². The summed E-state index contributed by atoms with van der Waals surface area (Å²) in [6, 6.07) is 5.32. The molecule has 1 saturated heterocycles. The molecule has 10 heteroatoms. The fourth-order valence-electron chi connectivity index (χ4n) is 4.85. The van der Waals surface area contributed by atoms with Crippen molar-refractivity contribution < 1.29 is 23.1 Å². The van der Waals surface area contributed by atoms with E-state index in [9.17, 15) is 23.1 Å². The number of hydrogen-bond acceptors (Lipinski definition) is 5. The van der Waals surface area contributed by atoms with Crippen LogP contribution in [0.5, 0.6) is 0 Å². The normalized spacial score (nSPS) is 22.8. The number of carbonyl (C=O) groups is 2. The van der Waals surface area contributed by atoms with E-state index >= 15 is 0 Å². The van der Waals surface area contributed by atoms with E-state index in [-0.39, 0.29) is 41.8 Å². The van der Waals surface area contributed by atoms with E-state index in [2.05, 4.69) is 5.10 Å². The molecule has 1 atom stereocenters. The number of sulfone groups is 1. The maximum absolute atomic E-state index is 12.9. The van der Waals surface area contributed by atoms with Crippen LogP contribution in [0.15, 0.2) is 30.6 Å². The zero-order chi connectivity index (χ0) is 23.3. The number of carbonyl (C=O) groups excluding carboxylic acids is 1. The van der Waals surface area contributed by atoms with Gasteiger partial charge in [0.2, 0.25) is 5.91 Å².